The molecule has 0 bridgehead atoms. The molecule has 0 aliphatic heterocycles. The fourth-order valence-corrected chi connectivity index (χ4v) is 4.74. The van der Waals surface area contributed by atoms with Crippen LogP contribution >= 0.6 is 0 Å². The van der Waals surface area contributed by atoms with Crippen molar-refractivity contribution in [3.63, 3.8) is 0 Å². The summed E-state index contributed by atoms with van der Waals surface area (Å²) in [5.41, 5.74) is 0.962. The van der Waals surface area contributed by atoms with Crippen LogP contribution in [0.1, 0.15) is 95.2 Å². The van der Waals surface area contributed by atoms with Gasteiger partial charge in [-0.25, -0.2) is 9.59 Å². The molecule has 2 heterocycles. The quantitative estimate of drug-likeness (QED) is 0.142. The first-order valence-electron chi connectivity index (χ1n) is 14.0. The molecular formula is C29H38N2O12. The molecule has 0 radical (unpaired) electrons. The van der Waals surface area contributed by atoms with Gasteiger partial charge in [0.1, 0.15) is 11.4 Å². The van der Waals surface area contributed by atoms with E-state index in [1.54, 1.807) is 27.7 Å². The number of carboxylic acid groups (broad SMARTS) is 2. The Balaban J connectivity index is 2.71. The summed E-state index contributed by atoms with van der Waals surface area (Å²) in [6.07, 6.45) is -1.12. The van der Waals surface area contributed by atoms with Crippen molar-refractivity contribution < 1.29 is 57.9 Å². The van der Waals surface area contributed by atoms with Crippen LogP contribution in [0.25, 0.3) is 0 Å². The molecule has 0 aliphatic rings. The van der Waals surface area contributed by atoms with Gasteiger partial charge in [0.05, 0.1) is 39.3 Å². The molecule has 236 valence electrons. The van der Waals surface area contributed by atoms with Gasteiger partial charge in [0.2, 0.25) is 0 Å². The molecule has 2 aromatic heterocycles. The molecule has 14 nitrogen and oxygen atoms in total. The van der Waals surface area contributed by atoms with Crippen molar-refractivity contribution in [3.05, 3.63) is 45.0 Å². The number of ether oxygens (including phenoxy) is 4. The van der Waals surface area contributed by atoms with E-state index in [1.807, 2.05) is 0 Å². The monoisotopic (exact) mass is 606 g/mol. The van der Waals surface area contributed by atoms with Crippen LogP contribution in [-0.4, -0.2) is 82.4 Å². The van der Waals surface area contributed by atoms with Gasteiger partial charge in [0.25, 0.3) is 0 Å². The molecule has 0 atom stereocenters. The van der Waals surface area contributed by atoms with Gasteiger partial charge >= 0.3 is 35.8 Å². The number of carbonyl (C=O) groups excluding carboxylic acids is 4. The summed E-state index contributed by atoms with van der Waals surface area (Å²) in [6, 6.07) is 0. The Labute approximate surface area is 248 Å². The molecule has 0 aromatic carbocycles. The highest BCUT2D eigenvalue weighted by molar-refractivity contribution is 5.91. The second-order valence-corrected chi connectivity index (χ2v) is 9.23. The van der Waals surface area contributed by atoms with Crippen molar-refractivity contribution in [3.8, 4) is 0 Å². The Morgan fingerprint density at radius 2 is 0.860 bits per heavy atom. The van der Waals surface area contributed by atoms with E-state index in [0.29, 0.717) is 22.5 Å². The lowest BCUT2D eigenvalue weighted by Crippen LogP contribution is -2.13. The normalized spacial score (nSPS) is 10.7. The van der Waals surface area contributed by atoms with Crippen LogP contribution in [0.15, 0.2) is 0 Å². The predicted molar refractivity (Wildman–Crippen MR) is 149 cm³/mol. The van der Waals surface area contributed by atoms with E-state index in [9.17, 15) is 39.0 Å². The van der Waals surface area contributed by atoms with Gasteiger partial charge < -0.3 is 39.1 Å². The number of H-pyrrole nitrogens is 2. The summed E-state index contributed by atoms with van der Waals surface area (Å²) in [4.78, 5) is 79.2. The van der Waals surface area contributed by atoms with Crippen LogP contribution in [-0.2, 0) is 70.2 Å². The second-order valence-electron chi connectivity index (χ2n) is 9.23. The van der Waals surface area contributed by atoms with E-state index in [-0.39, 0.29) is 93.9 Å². The minimum Gasteiger partial charge on any atom is -0.477 e. The molecule has 0 spiro atoms. The third-order valence-electron chi connectivity index (χ3n) is 6.42. The van der Waals surface area contributed by atoms with Gasteiger partial charge in [0.15, 0.2) is 0 Å². The smallest absolute Gasteiger partial charge is 0.352 e. The Morgan fingerprint density at radius 3 is 1.16 bits per heavy atom. The Hall–Kier alpha value is -4.62. The first kappa shape index (κ1) is 34.6. The molecular weight excluding hydrogens is 568 g/mol. The number of aromatic carboxylic acids is 2. The lowest BCUT2D eigenvalue weighted by molar-refractivity contribution is -0.144. The molecule has 4 N–H and O–H groups in total. The van der Waals surface area contributed by atoms with Crippen molar-refractivity contribution in [2.24, 2.45) is 0 Å². The van der Waals surface area contributed by atoms with Crippen molar-refractivity contribution in [2.45, 2.75) is 72.6 Å². The highest BCUT2D eigenvalue weighted by Crippen LogP contribution is 2.29. The van der Waals surface area contributed by atoms with E-state index in [2.05, 4.69) is 9.97 Å². The van der Waals surface area contributed by atoms with Crippen LogP contribution in [0.5, 0.6) is 0 Å². The standard InChI is InChI=1S/C29H38N2O12/c1-5-40-22(32)11-9-16-18(13-24(34)42-7-3)26(28(36)37)30-20(16)15-21-17(10-12-23(33)41-6-2)19(14-25(35)43-8-4)27(31-21)29(38)39/h30-31H,5-15H2,1-4H3,(H,36,37)(H,38,39). The van der Waals surface area contributed by atoms with Gasteiger partial charge in [-0.3, -0.25) is 19.2 Å². The molecule has 0 fully saturated rings. The number of rotatable bonds is 18. The number of esters is 4. The average molecular weight is 607 g/mol. The zero-order valence-corrected chi connectivity index (χ0v) is 24.8. The first-order chi connectivity index (χ1) is 20.5. The van der Waals surface area contributed by atoms with Crippen molar-refractivity contribution in [1.29, 1.82) is 0 Å². The van der Waals surface area contributed by atoms with Crippen molar-refractivity contribution in [1.82, 2.24) is 9.97 Å². The van der Waals surface area contributed by atoms with Crippen LogP contribution in [0.3, 0.4) is 0 Å². The topological polar surface area (TPSA) is 211 Å². The van der Waals surface area contributed by atoms with E-state index in [1.165, 1.54) is 0 Å². The average Bonchev–Trinajstić information content (AvgIpc) is 3.44. The minimum absolute atomic E-state index is 0.00697. The fourth-order valence-electron chi connectivity index (χ4n) is 4.74. The Bertz CT molecular complexity index is 1240. The third-order valence-corrected chi connectivity index (χ3v) is 6.42. The van der Waals surface area contributed by atoms with Crippen LogP contribution in [0.4, 0.5) is 0 Å². The number of aromatic nitrogens is 2. The number of hydrogen-bond donors (Lipinski definition) is 4. The number of nitrogens with one attached hydrogen (secondary N) is 2. The molecule has 0 aliphatic carbocycles. The van der Waals surface area contributed by atoms with Gasteiger partial charge in [-0.15, -0.1) is 0 Å². The van der Waals surface area contributed by atoms with Crippen LogP contribution < -0.4 is 0 Å². The molecule has 2 rings (SSSR count). The first-order valence-corrected chi connectivity index (χ1v) is 14.0. The molecule has 0 saturated heterocycles. The SMILES string of the molecule is CCOC(=O)CCc1c(Cc2[nH]c(C(=O)O)c(CC(=O)OCC)c2CCC(=O)OCC)[nH]c(C(=O)O)c1CC(=O)OCC. The Kier molecular flexibility index (Phi) is 13.5. The fraction of sp³-hybridized carbons (Fsp3) is 0.517. The molecule has 0 unspecified atom stereocenters. The zero-order valence-electron chi connectivity index (χ0n) is 24.8. The Morgan fingerprint density at radius 1 is 0.535 bits per heavy atom. The molecule has 0 saturated carbocycles. The minimum atomic E-state index is -1.36. The van der Waals surface area contributed by atoms with E-state index < -0.39 is 35.8 Å². The van der Waals surface area contributed by atoms with Gasteiger partial charge in [-0.1, -0.05) is 0 Å². The lowest BCUT2D eigenvalue weighted by atomic mass is 9.95. The number of hydrogen-bond acceptors (Lipinski definition) is 10. The zero-order chi connectivity index (χ0) is 32.1. The summed E-state index contributed by atoms with van der Waals surface area (Å²) in [5, 5.41) is 19.9. The lowest BCUT2D eigenvalue weighted by Gasteiger charge is -2.10. The van der Waals surface area contributed by atoms with Crippen LogP contribution in [0, 0.1) is 0 Å². The number of carboxylic acids is 2. The summed E-state index contributed by atoms with van der Waals surface area (Å²) < 4.78 is 20.1. The summed E-state index contributed by atoms with van der Waals surface area (Å²) in [6.45, 7) is 6.93. The highest BCUT2D eigenvalue weighted by Gasteiger charge is 2.29. The maximum absolute atomic E-state index is 12.4. The predicted octanol–water partition coefficient (Wildman–Crippen LogP) is 2.53. The molecule has 2 aromatic rings. The highest BCUT2D eigenvalue weighted by atomic mass is 16.5. The van der Waals surface area contributed by atoms with E-state index >= 15 is 0 Å². The van der Waals surface area contributed by atoms with Gasteiger partial charge in [-0.05, 0) is 62.8 Å². The summed E-state index contributed by atoms with van der Waals surface area (Å²) in [7, 11) is 0. The largest absolute Gasteiger partial charge is 0.477 e. The van der Waals surface area contributed by atoms with E-state index in [0.717, 1.165) is 0 Å². The summed E-state index contributed by atoms with van der Waals surface area (Å²) in [5.74, 6) is -5.13. The number of aromatic amines is 2. The maximum Gasteiger partial charge on any atom is 0.352 e. The third kappa shape index (κ3) is 9.72. The summed E-state index contributed by atoms with van der Waals surface area (Å²) >= 11 is 0. The van der Waals surface area contributed by atoms with Crippen molar-refractivity contribution >= 4 is 35.8 Å². The molecule has 14 heteroatoms. The van der Waals surface area contributed by atoms with E-state index in [4.69, 9.17) is 18.9 Å². The molecule has 43 heavy (non-hydrogen) atoms. The van der Waals surface area contributed by atoms with Gasteiger partial charge in [0, 0.05) is 30.7 Å². The van der Waals surface area contributed by atoms with Crippen molar-refractivity contribution in [2.75, 3.05) is 26.4 Å². The van der Waals surface area contributed by atoms with Crippen LogP contribution in [0.2, 0.25) is 0 Å². The maximum atomic E-state index is 12.4. The number of carbonyl (C=O) groups is 6. The second kappa shape index (κ2) is 16.7. The van der Waals surface area contributed by atoms with Gasteiger partial charge in [-0.2, -0.15) is 0 Å². The molecule has 0 amide bonds.